The molecule has 0 unspecified atom stereocenters. The molecule has 25 heavy (non-hydrogen) atoms. The van der Waals surface area contributed by atoms with Crippen LogP contribution in [0.1, 0.15) is 36.0 Å². The predicted molar refractivity (Wildman–Crippen MR) is 98.4 cm³/mol. The van der Waals surface area contributed by atoms with Gasteiger partial charge in [0.25, 0.3) is 0 Å². The van der Waals surface area contributed by atoms with Gasteiger partial charge in [-0.2, -0.15) is 0 Å². The van der Waals surface area contributed by atoms with Crippen molar-refractivity contribution in [3.63, 3.8) is 0 Å². The Morgan fingerprint density at radius 3 is 2.32 bits per heavy atom. The zero-order valence-corrected chi connectivity index (χ0v) is 15.1. The van der Waals surface area contributed by atoms with Gasteiger partial charge in [-0.05, 0) is 30.5 Å². The monoisotopic (exact) mass is 339 g/mol. The molecule has 0 aliphatic heterocycles. The highest BCUT2D eigenvalue weighted by atomic mass is 16.5. The Morgan fingerprint density at radius 1 is 1.04 bits per heavy atom. The third kappa shape index (κ3) is 5.18. The van der Waals surface area contributed by atoms with E-state index in [1.165, 1.54) is 4.90 Å². The third-order valence-electron chi connectivity index (χ3n) is 4.24. The smallest absolute Gasteiger partial charge is 0.325 e. The summed E-state index contributed by atoms with van der Waals surface area (Å²) in [5.41, 5.74) is 3.37. The van der Waals surface area contributed by atoms with Crippen LogP contribution in [-0.4, -0.2) is 37.0 Å². The normalized spacial score (nSPS) is 11.6. The van der Waals surface area contributed by atoms with Crippen LogP contribution in [-0.2, 0) is 14.3 Å². The molecular weight excluding hydrogens is 314 g/mol. The van der Waals surface area contributed by atoms with E-state index in [2.05, 4.69) is 19.1 Å². The van der Waals surface area contributed by atoms with E-state index in [-0.39, 0.29) is 24.3 Å². The van der Waals surface area contributed by atoms with Crippen molar-refractivity contribution >= 4 is 11.9 Å². The first-order chi connectivity index (χ1) is 12.0. The van der Waals surface area contributed by atoms with Crippen LogP contribution in [0, 0.1) is 6.92 Å². The number of esters is 1. The Bertz CT molecular complexity index is 712. The van der Waals surface area contributed by atoms with Crippen molar-refractivity contribution < 1.29 is 14.3 Å². The quantitative estimate of drug-likeness (QED) is 0.725. The maximum atomic E-state index is 12.7. The SMILES string of the molecule is CCOC(=O)CN(C)C(=O)C[C@H](c1ccccc1)c1ccccc1C. The van der Waals surface area contributed by atoms with Gasteiger partial charge >= 0.3 is 5.97 Å². The van der Waals surface area contributed by atoms with E-state index < -0.39 is 0 Å². The zero-order valence-electron chi connectivity index (χ0n) is 15.1. The molecule has 0 radical (unpaired) electrons. The fraction of sp³-hybridized carbons (Fsp3) is 0.333. The number of hydrogen-bond acceptors (Lipinski definition) is 3. The summed E-state index contributed by atoms with van der Waals surface area (Å²) in [6.07, 6.45) is 0.310. The Kier molecular flexibility index (Phi) is 6.75. The minimum Gasteiger partial charge on any atom is -0.465 e. The topological polar surface area (TPSA) is 46.6 Å². The number of likely N-dealkylation sites (N-methyl/N-ethyl adjacent to an activating group) is 1. The van der Waals surface area contributed by atoms with E-state index >= 15 is 0 Å². The second-order valence-electron chi connectivity index (χ2n) is 6.08. The van der Waals surface area contributed by atoms with E-state index in [4.69, 9.17) is 4.74 Å². The summed E-state index contributed by atoms with van der Waals surface area (Å²) in [5, 5.41) is 0. The lowest BCUT2D eigenvalue weighted by Gasteiger charge is -2.23. The van der Waals surface area contributed by atoms with Gasteiger partial charge in [0.15, 0.2) is 0 Å². The van der Waals surface area contributed by atoms with Gasteiger partial charge in [-0.15, -0.1) is 0 Å². The molecule has 4 heteroatoms. The van der Waals surface area contributed by atoms with Gasteiger partial charge in [0.2, 0.25) is 5.91 Å². The van der Waals surface area contributed by atoms with Gasteiger partial charge in [-0.25, -0.2) is 0 Å². The van der Waals surface area contributed by atoms with Gasteiger partial charge in [0, 0.05) is 19.4 Å². The van der Waals surface area contributed by atoms with Crippen molar-refractivity contribution in [3.8, 4) is 0 Å². The molecule has 0 spiro atoms. The summed E-state index contributed by atoms with van der Waals surface area (Å²) in [5.74, 6) is -0.504. The first-order valence-electron chi connectivity index (χ1n) is 8.53. The number of ether oxygens (including phenoxy) is 1. The predicted octanol–water partition coefficient (Wildman–Crippen LogP) is 3.54. The molecule has 0 heterocycles. The standard InChI is InChI=1S/C21H25NO3/c1-4-25-21(24)15-22(3)20(23)14-19(17-11-6-5-7-12-17)18-13-9-8-10-16(18)2/h5-13,19H,4,14-15H2,1-3H3/t19-/m1/s1. The highest BCUT2D eigenvalue weighted by Crippen LogP contribution is 2.30. The van der Waals surface area contributed by atoms with Crippen LogP contribution in [0.25, 0.3) is 0 Å². The number of rotatable bonds is 7. The van der Waals surface area contributed by atoms with Crippen molar-refractivity contribution in [2.45, 2.75) is 26.2 Å². The molecule has 1 amide bonds. The minimum atomic E-state index is -0.384. The molecule has 2 aromatic rings. The van der Waals surface area contributed by atoms with Gasteiger partial charge < -0.3 is 9.64 Å². The molecule has 0 fully saturated rings. The molecule has 0 saturated carbocycles. The molecule has 1 atom stereocenters. The van der Waals surface area contributed by atoms with E-state index in [1.807, 2.05) is 42.5 Å². The average Bonchev–Trinajstić information content (AvgIpc) is 2.61. The Hall–Kier alpha value is -2.62. The number of benzene rings is 2. The molecule has 0 aliphatic rings. The molecule has 0 aromatic heterocycles. The van der Waals surface area contributed by atoms with Crippen LogP contribution in [0.4, 0.5) is 0 Å². The van der Waals surface area contributed by atoms with E-state index in [0.717, 1.165) is 16.7 Å². The van der Waals surface area contributed by atoms with E-state index in [9.17, 15) is 9.59 Å². The molecule has 0 N–H and O–H groups in total. The van der Waals surface area contributed by atoms with Crippen LogP contribution >= 0.6 is 0 Å². The Labute approximate surface area is 149 Å². The summed E-state index contributed by atoms with van der Waals surface area (Å²) in [6, 6.07) is 18.1. The van der Waals surface area contributed by atoms with Crippen molar-refractivity contribution in [3.05, 3.63) is 71.3 Å². The highest BCUT2D eigenvalue weighted by Gasteiger charge is 2.22. The van der Waals surface area contributed by atoms with Crippen LogP contribution in [0.2, 0.25) is 0 Å². The van der Waals surface area contributed by atoms with Gasteiger partial charge in [-0.3, -0.25) is 9.59 Å². The molecule has 2 rings (SSSR count). The summed E-state index contributed by atoms with van der Waals surface area (Å²) in [4.78, 5) is 25.7. The van der Waals surface area contributed by atoms with Crippen molar-refractivity contribution in [2.24, 2.45) is 0 Å². The number of carbonyl (C=O) groups excluding carboxylic acids is 2. The fourth-order valence-corrected chi connectivity index (χ4v) is 2.89. The van der Waals surface area contributed by atoms with E-state index in [0.29, 0.717) is 13.0 Å². The van der Waals surface area contributed by atoms with Crippen LogP contribution in [0.3, 0.4) is 0 Å². The second-order valence-corrected chi connectivity index (χ2v) is 6.08. The van der Waals surface area contributed by atoms with Gasteiger partial charge in [0.1, 0.15) is 6.54 Å². The lowest BCUT2D eigenvalue weighted by Crippen LogP contribution is -2.34. The lowest BCUT2D eigenvalue weighted by atomic mass is 9.86. The number of aryl methyl sites for hydroxylation is 1. The minimum absolute atomic E-state index is 0.0258. The maximum absolute atomic E-state index is 12.7. The van der Waals surface area contributed by atoms with Gasteiger partial charge in [-0.1, -0.05) is 54.6 Å². The van der Waals surface area contributed by atoms with Crippen molar-refractivity contribution in [1.29, 1.82) is 0 Å². The number of nitrogens with zero attached hydrogens (tertiary/aromatic N) is 1. The van der Waals surface area contributed by atoms with Crippen LogP contribution < -0.4 is 0 Å². The summed E-state index contributed by atoms with van der Waals surface area (Å²) < 4.78 is 4.92. The lowest BCUT2D eigenvalue weighted by molar-refractivity contribution is -0.148. The Balaban J connectivity index is 2.21. The second kappa shape index (κ2) is 9.02. The highest BCUT2D eigenvalue weighted by molar-refractivity contribution is 5.82. The number of amides is 1. The fourth-order valence-electron chi connectivity index (χ4n) is 2.89. The third-order valence-corrected chi connectivity index (χ3v) is 4.24. The first-order valence-corrected chi connectivity index (χ1v) is 8.53. The molecule has 4 nitrogen and oxygen atoms in total. The zero-order chi connectivity index (χ0) is 18.2. The molecule has 0 bridgehead atoms. The van der Waals surface area contributed by atoms with Crippen molar-refractivity contribution in [2.75, 3.05) is 20.2 Å². The maximum Gasteiger partial charge on any atom is 0.325 e. The first kappa shape index (κ1) is 18.7. The van der Waals surface area contributed by atoms with Crippen LogP contribution in [0.5, 0.6) is 0 Å². The molecular formula is C21H25NO3. The van der Waals surface area contributed by atoms with Crippen LogP contribution in [0.15, 0.2) is 54.6 Å². The van der Waals surface area contributed by atoms with E-state index in [1.54, 1.807) is 14.0 Å². The summed E-state index contributed by atoms with van der Waals surface area (Å²) >= 11 is 0. The molecule has 0 aliphatic carbocycles. The number of hydrogen-bond donors (Lipinski definition) is 0. The van der Waals surface area contributed by atoms with Gasteiger partial charge in [0.05, 0.1) is 6.61 Å². The Morgan fingerprint density at radius 2 is 1.68 bits per heavy atom. The van der Waals surface area contributed by atoms with Crippen molar-refractivity contribution in [1.82, 2.24) is 4.90 Å². The molecule has 0 saturated heterocycles. The molecule has 2 aromatic carbocycles. The summed E-state index contributed by atoms with van der Waals surface area (Å²) in [7, 11) is 1.64. The number of carbonyl (C=O) groups is 2. The summed E-state index contributed by atoms with van der Waals surface area (Å²) in [6.45, 7) is 4.10. The average molecular weight is 339 g/mol. The largest absolute Gasteiger partial charge is 0.465 e. The molecule has 132 valence electrons.